The molecule has 0 atom stereocenters. The molecule has 4 aromatic rings. The van der Waals surface area contributed by atoms with E-state index in [4.69, 9.17) is 4.42 Å². The second kappa shape index (κ2) is 9.63. The van der Waals surface area contributed by atoms with Crippen LogP contribution in [0.3, 0.4) is 0 Å². The number of amides is 1. The summed E-state index contributed by atoms with van der Waals surface area (Å²) in [7, 11) is 0. The molecule has 0 bridgehead atoms. The summed E-state index contributed by atoms with van der Waals surface area (Å²) in [6.07, 6.45) is 4.05. The second-order valence-corrected chi connectivity index (χ2v) is 8.24. The van der Waals surface area contributed by atoms with Crippen LogP contribution in [0.1, 0.15) is 22.7 Å². The molecule has 1 fully saturated rings. The van der Waals surface area contributed by atoms with Gasteiger partial charge in [-0.15, -0.1) is 0 Å². The van der Waals surface area contributed by atoms with Crippen molar-refractivity contribution in [2.75, 3.05) is 31.1 Å². The standard InChI is InChI=1S/C28H24N4O2/c29-20-25-28(34-26(30-25)14-13-21-7-2-1-3-8-21)32-17-15-31(16-18-32)27(33)19-23-11-6-10-22-9-4-5-12-24(22)23/h1-14H,15-19H2. The maximum absolute atomic E-state index is 13.0. The number of rotatable bonds is 5. The Labute approximate surface area is 198 Å². The Kier molecular flexibility index (Phi) is 6.09. The summed E-state index contributed by atoms with van der Waals surface area (Å²) in [6, 6.07) is 26.2. The highest BCUT2D eigenvalue weighted by Crippen LogP contribution is 2.25. The highest BCUT2D eigenvalue weighted by molar-refractivity contribution is 5.90. The first-order valence-corrected chi connectivity index (χ1v) is 11.3. The molecular weight excluding hydrogens is 424 g/mol. The van der Waals surface area contributed by atoms with Gasteiger partial charge in [-0.2, -0.15) is 10.2 Å². The number of hydrogen-bond acceptors (Lipinski definition) is 5. The molecule has 0 radical (unpaired) electrons. The van der Waals surface area contributed by atoms with Gasteiger partial charge in [0.2, 0.25) is 23.4 Å². The van der Waals surface area contributed by atoms with Gasteiger partial charge in [0, 0.05) is 32.3 Å². The van der Waals surface area contributed by atoms with Crippen LogP contribution < -0.4 is 4.90 Å². The van der Waals surface area contributed by atoms with Gasteiger partial charge in [0.25, 0.3) is 0 Å². The molecule has 0 saturated carbocycles. The third-order valence-electron chi connectivity index (χ3n) is 6.09. The smallest absolute Gasteiger partial charge is 0.235 e. The number of piperazine rings is 1. The Bertz CT molecular complexity index is 1370. The number of fused-ring (bicyclic) bond motifs is 1. The van der Waals surface area contributed by atoms with E-state index in [1.54, 1.807) is 6.08 Å². The fourth-order valence-corrected chi connectivity index (χ4v) is 4.30. The summed E-state index contributed by atoms with van der Waals surface area (Å²) in [6.45, 7) is 2.33. The zero-order chi connectivity index (χ0) is 23.3. The van der Waals surface area contributed by atoms with E-state index in [-0.39, 0.29) is 11.6 Å². The normalized spacial score (nSPS) is 14.0. The molecule has 34 heavy (non-hydrogen) atoms. The van der Waals surface area contributed by atoms with Crippen molar-refractivity contribution in [1.29, 1.82) is 5.26 Å². The van der Waals surface area contributed by atoms with Crippen LogP contribution in [0.25, 0.3) is 22.9 Å². The van der Waals surface area contributed by atoms with Crippen molar-refractivity contribution in [2.24, 2.45) is 0 Å². The lowest BCUT2D eigenvalue weighted by atomic mass is 10.0. The highest BCUT2D eigenvalue weighted by Gasteiger charge is 2.26. The zero-order valence-electron chi connectivity index (χ0n) is 18.7. The van der Waals surface area contributed by atoms with Crippen molar-refractivity contribution in [1.82, 2.24) is 9.88 Å². The van der Waals surface area contributed by atoms with Gasteiger partial charge in [-0.1, -0.05) is 72.8 Å². The average molecular weight is 449 g/mol. The second-order valence-electron chi connectivity index (χ2n) is 8.24. The first kappa shape index (κ1) is 21.5. The van der Waals surface area contributed by atoms with Crippen LogP contribution in [0.5, 0.6) is 0 Å². The van der Waals surface area contributed by atoms with E-state index in [9.17, 15) is 10.1 Å². The first-order valence-electron chi connectivity index (χ1n) is 11.3. The number of oxazole rings is 1. The Morgan fingerprint density at radius 3 is 2.47 bits per heavy atom. The number of anilines is 1. The van der Waals surface area contributed by atoms with Crippen molar-refractivity contribution in [2.45, 2.75) is 6.42 Å². The monoisotopic (exact) mass is 448 g/mol. The van der Waals surface area contributed by atoms with E-state index in [1.165, 1.54) is 0 Å². The third kappa shape index (κ3) is 4.55. The number of hydrogen-bond donors (Lipinski definition) is 0. The lowest BCUT2D eigenvalue weighted by molar-refractivity contribution is -0.130. The van der Waals surface area contributed by atoms with Gasteiger partial charge in [-0.25, -0.2) is 0 Å². The Hall–Kier alpha value is -4.37. The van der Waals surface area contributed by atoms with Crippen molar-refractivity contribution in [3.63, 3.8) is 0 Å². The lowest BCUT2D eigenvalue weighted by Gasteiger charge is -2.34. The predicted molar refractivity (Wildman–Crippen MR) is 133 cm³/mol. The molecule has 6 nitrogen and oxygen atoms in total. The van der Waals surface area contributed by atoms with Crippen LogP contribution in [0.4, 0.5) is 5.88 Å². The Balaban J connectivity index is 1.24. The highest BCUT2D eigenvalue weighted by atomic mass is 16.4. The van der Waals surface area contributed by atoms with Crippen molar-refractivity contribution >= 4 is 34.7 Å². The molecule has 0 aliphatic carbocycles. The topological polar surface area (TPSA) is 73.4 Å². The predicted octanol–water partition coefficient (Wildman–Crippen LogP) is 4.76. The third-order valence-corrected chi connectivity index (χ3v) is 6.09. The molecule has 2 heterocycles. The molecule has 0 unspecified atom stereocenters. The molecule has 1 aliphatic heterocycles. The van der Waals surface area contributed by atoms with Crippen LogP contribution in [-0.4, -0.2) is 42.0 Å². The molecule has 5 rings (SSSR count). The average Bonchev–Trinajstić information content (AvgIpc) is 3.32. The molecule has 1 saturated heterocycles. The minimum atomic E-state index is 0.112. The lowest BCUT2D eigenvalue weighted by Crippen LogP contribution is -2.49. The van der Waals surface area contributed by atoms with E-state index < -0.39 is 0 Å². The molecule has 0 N–H and O–H groups in total. The van der Waals surface area contributed by atoms with Crippen LogP contribution in [0, 0.1) is 11.3 Å². The molecule has 168 valence electrons. The number of nitrogens with zero attached hydrogens (tertiary/aromatic N) is 4. The van der Waals surface area contributed by atoms with Crippen LogP contribution in [0.2, 0.25) is 0 Å². The fraction of sp³-hybridized carbons (Fsp3) is 0.179. The van der Waals surface area contributed by atoms with Gasteiger partial charge < -0.3 is 14.2 Å². The number of nitriles is 1. The molecule has 6 heteroatoms. The zero-order valence-corrected chi connectivity index (χ0v) is 18.7. The Morgan fingerprint density at radius 2 is 1.68 bits per heavy atom. The summed E-state index contributed by atoms with van der Waals surface area (Å²) in [5.41, 5.74) is 2.34. The van der Waals surface area contributed by atoms with Crippen molar-refractivity contribution in [3.8, 4) is 6.07 Å². The quantitative estimate of drug-likeness (QED) is 0.440. The molecule has 1 amide bonds. The van der Waals surface area contributed by atoms with Crippen LogP contribution in [0.15, 0.2) is 77.2 Å². The molecule has 1 aliphatic rings. The van der Waals surface area contributed by atoms with E-state index >= 15 is 0 Å². The van der Waals surface area contributed by atoms with Gasteiger partial charge in [0.15, 0.2) is 0 Å². The van der Waals surface area contributed by atoms with Gasteiger partial charge in [0.1, 0.15) is 6.07 Å². The SMILES string of the molecule is N#Cc1nc(C=Cc2ccccc2)oc1N1CCN(C(=O)Cc2cccc3ccccc23)CC1. The van der Waals surface area contributed by atoms with Gasteiger partial charge >= 0.3 is 0 Å². The van der Waals surface area contributed by atoms with Crippen molar-refractivity contribution in [3.05, 3.63) is 95.5 Å². The van der Waals surface area contributed by atoms with Crippen LogP contribution >= 0.6 is 0 Å². The summed E-state index contributed by atoms with van der Waals surface area (Å²) in [4.78, 5) is 21.2. The van der Waals surface area contributed by atoms with Gasteiger partial charge in [-0.3, -0.25) is 4.79 Å². The van der Waals surface area contributed by atoms with Crippen molar-refractivity contribution < 1.29 is 9.21 Å². The number of carbonyl (C=O) groups excluding carboxylic acids is 1. The first-order chi connectivity index (χ1) is 16.7. The maximum atomic E-state index is 13.0. The molecule has 1 aromatic heterocycles. The van der Waals surface area contributed by atoms with E-state index in [2.05, 4.69) is 29.3 Å². The summed E-state index contributed by atoms with van der Waals surface area (Å²) >= 11 is 0. The minimum absolute atomic E-state index is 0.112. The number of benzene rings is 3. The number of carbonyl (C=O) groups is 1. The molecule has 3 aromatic carbocycles. The summed E-state index contributed by atoms with van der Waals surface area (Å²) in [5, 5.41) is 11.8. The fourth-order valence-electron chi connectivity index (χ4n) is 4.30. The van der Waals surface area contributed by atoms with E-state index in [0.29, 0.717) is 44.4 Å². The van der Waals surface area contributed by atoms with Gasteiger partial charge in [0.05, 0.1) is 6.42 Å². The van der Waals surface area contributed by atoms with Gasteiger partial charge in [-0.05, 0) is 28.0 Å². The largest absolute Gasteiger partial charge is 0.420 e. The molecular formula is C28H24N4O2. The summed E-state index contributed by atoms with van der Waals surface area (Å²) in [5.74, 6) is 0.974. The van der Waals surface area contributed by atoms with E-state index in [0.717, 1.165) is 21.9 Å². The molecule has 0 spiro atoms. The van der Waals surface area contributed by atoms with Crippen LogP contribution in [-0.2, 0) is 11.2 Å². The minimum Gasteiger partial charge on any atom is -0.420 e. The Morgan fingerprint density at radius 1 is 0.941 bits per heavy atom. The summed E-state index contributed by atoms with van der Waals surface area (Å²) < 4.78 is 5.91. The maximum Gasteiger partial charge on any atom is 0.235 e. The van der Waals surface area contributed by atoms with E-state index in [1.807, 2.05) is 70.5 Å². The number of aromatic nitrogens is 1.